The number of carbonyl (C=O) groups excluding carboxylic acids is 1. The maximum atomic E-state index is 12.9. The number of hydrogen-bond donors (Lipinski definition) is 2. The van der Waals surface area contributed by atoms with E-state index >= 15 is 0 Å². The highest BCUT2D eigenvalue weighted by atomic mass is 19.4. The maximum Gasteiger partial charge on any atom is 0.453 e. The fraction of sp³-hybridized carbons (Fsp3) is 0.412. The van der Waals surface area contributed by atoms with Gasteiger partial charge in [-0.3, -0.25) is 15.6 Å². The van der Waals surface area contributed by atoms with Crippen molar-refractivity contribution in [1.29, 1.82) is 0 Å². The molecule has 0 aliphatic heterocycles. The molecule has 3 rings (SSSR count). The van der Waals surface area contributed by atoms with Gasteiger partial charge in [-0.25, -0.2) is 19.5 Å². The monoisotopic (exact) mass is 408 g/mol. The molecular formula is C17H19F3N8O. The summed E-state index contributed by atoms with van der Waals surface area (Å²) in [6.07, 6.45) is -4.31. The standard InChI is InChI=1S/C17H19F3N8O/c1-8-7-9(2)22-15(21-8)26-25-13(29)6-5-12-10(3)23-16-24-14(17(18,19)20)27-28(16)11(12)4/h7H,5-6H2,1-4H3,(H,25,29)(H,21,22,26). The van der Waals surface area contributed by atoms with E-state index in [1.807, 2.05) is 13.8 Å². The Morgan fingerprint density at radius 1 is 1.07 bits per heavy atom. The normalized spacial score (nSPS) is 11.7. The zero-order chi connectivity index (χ0) is 21.3. The van der Waals surface area contributed by atoms with Gasteiger partial charge in [0.1, 0.15) is 0 Å². The van der Waals surface area contributed by atoms with Gasteiger partial charge in [0.25, 0.3) is 11.6 Å². The number of anilines is 1. The van der Waals surface area contributed by atoms with Crippen LogP contribution in [0.3, 0.4) is 0 Å². The van der Waals surface area contributed by atoms with E-state index in [-0.39, 0.29) is 30.5 Å². The highest BCUT2D eigenvalue weighted by molar-refractivity contribution is 5.77. The van der Waals surface area contributed by atoms with Crippen LogP contribution in [0.2, 0.25) is 0 Å². The van der Waals surface area contributed by atoms with E-state index in [1.165, 1.54) is 0 Å². The van der Waals surface area contributed by atoms with Gasteiger partial charge in [0.2, 0.25) is 11.9 Å². The number of hydrazine groups is 1. The Bertz CT molecular complexity index is 1060. The maximum absolute atomic E-state index is 12.9. The molecule has 0 radical (unpaired) electrons. The first-order valence-corrected chi connectivity index (χ1v) is 8.72. The second-order valence-electron chi connectivity index (χ2n) is 6.55. The van der Waals surface area contributed by atoms with Crippen LogP contribution in [0.15, 0.2) is 6.07 Å². The molecule has 3 heterocycles. The Labute approximate surface area is 163 Å². The molecule has 0 spiro atoms. The van der Waals surface area contributed by atoms with Gasteiger partial charge in [0, 0.05) is 29.2 Å². The first-order chi connectivity index (χ1) is 13.5. The lowest BCUT2D eigenvalue weighted by atomic mass is 10.1. The van der Waals surface area contributed by atoms with Crippen molar-refractivity contribution in [2.24, 2.45) is 0 Å². The van der Waals surface area contributed by atoms with Gasteiger partial charge in [-0.05, 0) is 45.7 Å². The Balaban J connectivity index is 1.70. The number of nitrogens with zero attached hydrogens (tertiary/aromatic N) is 6. The Hall–Kier alpha value is -3.31. The molecule has 3 aromatic rings. The third-order valence-electron chi connectivity index (χ3n) is 4.20. The molecule has 2 N–H and O–H groups in total. The van der Waals surface area contributed by atoms with Gasteiger partial charge in [-0.15, -0.1) is 5.10 Å². The number of halogens is 3. The molecule has 12 heteroatoms. The minimum absolute atomic E-state index is 0.0769. The summed E-state index contributed by atoms with van der Waals surface area (Å²) in [6, 6.07) is 1.80. The van der Waals surface area contributed by atoms with E-state index < -0.39 is 12.0 Å². The van der Waals surface area contributed by atoms with E-state index in [0.717, 1.165) is 15.9 Å². The lowest BCUT2D eigenvalue weighted by Crippen LogP contribution is -2.30. The second-order valence-corrected chi connectivity index (χ2v) is 6.55. The van der Waals surface area contributed by atoms with Crippen LogP contribution in [0, 0.1) is 27.7 Å². The van der Waals surface area contributed by atoms with E-state index in [2.05, 4.69) is 35.9 Å². The molecule has 0 aliphatic carbocycles. The molecule has 154 valence electrons. The zero-order valence-corrected chi connectivity index (χ0v) is 16.2. The van der Waals surface area contributed by atoms with Crippen molar-refractivity contribution < 1.29 is 18.0 Å². The summed E-state index contributed by atoms with van der Waals surface area (Å²) >= 11 is 0. The van der Waals surface area contributed by atoms with Crippen molar-refractivity contribution in [3.8, 4) is 0 Å². The molecule has 0 unspecified atom stereocenters. The van der Waals surface area contributed by atoms with Crippen molar-refractivity contribution in [3.63, 3.8) is 0 Å². The summed E-state index contributed by atoms with van der Waals surface area (Å²) in [7, 11) is 0. The zero-order valence-electron chi connectivity index (χ0n) is 16.2. The largest absolute Gasteiger partial charge is 0.453 e. The number of hydrogen-bond acceptors (Lipinski definition) is 7. The SMILES string of the molecule is Cc1cc(C)nc(NNC(=O)CCc2c(C)nc3nc(C(F)(F)F)nn3c2C)n1. The summed E-state index contributed by atoms with van der Waals surface area (Å²) in [6.45, 7) is 6.89. The van der Waals surface area contributed by atoms with Crippen LogP contribution < -0.4 is 10.9 Å². The van der Waals surface area contributed by atoms with Crippen molar-refractivity contribution in [2.75, 3.05) is 5.43 Å². The first kappa shape index (κ1) is 20.4. The van der Waals surface area contributed by atoms with Gasteiger partial charge in [-0.1, -0.05) is 0 Å². The number of rotatable bonds is 5. The highest BCUT2D eigenvalue weighted by Crippen LogP contribution is 2.27. The fourth-order valence-corrected chi connectivity index (χ4v) is 2.90. The molecule has 3 aromatic heterocycles. The van der Waals surface area contributed by atoms with Crippen molar-refractivity contribution >= 4 is 17.6 Å². The Kier molecular flexibility index (Phi) is 5.36. The third kappa shape index (κ3) is 4.58. The first-order valence-electron chi connectivity index (χ1n) is 8.72. The quantitative estimate of drug-likeness (QED) is 0.623. The summed E-state index contributed by atoms with van der Waals surface area (Å²) in [5.41, 5.74) is 8.25. The van der Waals surface area contributed by atoms with E-state index in [0.29, 0.717) is 17.0 Å². The molecule has 0 atom stereocenters. The van der Waals surface area contributed by atoms with Gasteiger partial charge in [0.15, 0.2) is 0 Å². The minimum Gasteiger partial charge on any atom is -0.273 e. The summed E-state index contributed by atoms with van der Waals surface area (Å²) < 4.78 is 39.6. The smallest absolute Gasteiger partial charge is 0.273 e. The van der Waals surface area contributed by atoms with Crippen molar-refractivity contribution in [3.05, 3.63) is 40.2 Å². The van der Waals surface area contributed by atoms with Gasteiger partial charge in [0.05, 0.1) is 0 Å². The summed E-state index contributed by atoms with van der Waals surface area (Å²) in [5.74, 6) is -1.44. The molecule has 1 amide bonds. The van der Waals surface area contributed by atoms with E-state index in [9.17, 15) is 18.0 Å². The second kappa shape index (κ2) is 7.60. The van der Waals surface area contributed by atoms with Crippen LogP contribution in [0.1, 0.15) is 40.6 Å². The van der Waals surface area contributed by atoms with Crippen LogP contribution in [-0.2, 0) is 17.4 Å². The third-order valence-corrected chi connectivity index (χ3v) is 4.20. The Morgan fingerprint density at radius 3 is 2.34 bits per heavy atom. The molecule has 0 aliphatic rings. The lowest BCUT2D eigenvalue weighted by Gasteiger charge is -2.11. The fourth-order valence-electron chi connectivity index (χ4n) is 2.90. The number of carbonyl (C=O) groups is 1. The van der Waals surface area contributed by atoms with Crippen LogP contribution in [-0.4, -0.2) is 35.5 Å². The number of fused-ring (bicyclic) bond motifs is 1. The molecule has 0 saturated heterocycles. The molecule has 29 heavy (non-hydrogen) atoms. The van der Waals surface area contributed by atoms with Crippen molar-refractivity contribution in [2.45, 2.75) is 46.7 Å². The van der Waals surface area contributed by atoms with Crippen LogP contribution in [0.25, 0.3) is 5.78 Å². The molecule has 0 fully saturated rings. The molecule has 0 aromatic carbocycles. The van der Waals surface area contributed by atoms with Crippen LogP contribution in [0.4, 0.5) is 19.1 Å². The molecular weight excluding hydrogens is 389 g/mol. The number of alkyl halides is 3. The minimum atomic E-state index is -4.66. The number of nitrogens with one attached hydrogen (secondary N) is 2. The summed E-state index contributed by atoms with van der Waals surface area (Å²) in [4.78, 5) is 28.0. The van der Waals surface area contributed by atoms with Gasteiger partial charge < -0.3 is 0 Å². The molecule has 0 bridgehead atoms. The average molecular weight is 408 g/mol. The number of amides is 1. The topological polar surface area (TPSA) is 110 Å². The van der Waals surface area contributed by atoms with Crippen LogP contribution >= 0.6 is 0 Å². The lowest BCUT2D eigenvalue weighted by molar-refractivity contribution is -0.144. The molecule has 9 nitrogen and oxygen atoms in total. The Morgan fingerprint density at radius 2 is 1.72 bits per heavy atom. The van der Waals surface area contributed by atoms with Gasteiger partial charge >= 0.3 is 6.18 Å². The highest BCUT2D eigenvalue weighted by Gasteiger charge is 2.36. The molecule has 0 saturated carbocycles. The average Bonchev–Trinajstić information content (AvgIpc) is 3.03. The van der Waals surface area contributed by atoms with E-state index in [1.54, 1.807) is 19.9 Å². The van der Waals surface area contributed by atoms with E-state index in [4.69, 9.17) is 0 Å². The van der Waals surface area contributed by atoms with Crippen LogP contribution in [0.5, 0.6) is 0 Å². The van der Waals surface area contributed by atoms with Gasteiger partial charge in [-0.2, -0.15) is 18.2 Å². The predicted octanol–water partition coefficient (Wildman–Crippen LogP) is 2.24. The van der Waals surface area contributed by atoms with Crippen molar-refractivity contribution in [1.82, 2.24) is 35.0 Å². The summed E-state index contributed by atoms with van der Waals surface area (Å²) in [5, 5.41) is 3.49. The number of aromatic nitrogens is 6. The number of aryl methyl sites for hydroxylation is 4. The predicted molar refractivity (Wildman–Crippen MR) is 96.9 cm³/mol.